The van der Waals surface area contributed by atoms with Gasteiger partial charge in [-0.25, -0.2) is 4.79 Å². The Hall–Kier alpha value is -2.39. The molecule has 0 saturated heterocycles. The molecule has 0 radical (unpaired) electrons. The highest BCUT2D eigenvalue weighted by molar-refractivity contribution is 5.85. The molecule has 2 aromatic rings. The minimum Gasteiger partial charge on any atom is -0.423 e. The number of hydrogen-bond donors (Lipinski definition) is 1. The average Bonchev–Trinajstić information content (AvgIpc) is 2.55. The zero-order valence-corrected chi connectivity index (χ0v) is 12.7. The first kappa shape index (κ1) is 16.0. The number of carbonyl (C=O) groups is 1. The third kappa shape index (κ3) is 3.83. The fourth-order valence-electron chi connectivity index (χ4n) is 2.27. The smallest absolute Gasteiger partial charge is 0.335 e. The lowest BCUT2D eigenvalue weighted by molar-refractivity contribution is -0.128. The van der Waals surface area contributed by atoms with Gasteiger partial charge < -0.3 is 9.84 Å². The summed E-state index contributed by atoms with van der Waals surface area (Å²) in [6.45, 7) is 5.55. The zero-order chi connectivity index (χ0) is 15.9. The molecule has 1 N–H and O–H groups in total. The van der Waals surface area contributed by atoms with Gasteiger partial charge in [0, 0.05) is 11.6 Å². The van der Waals surface area contributed by atoms with Crippen LogP contribution in [-0.4, -0.2) is 11.1 Å². The molecule has 0 amide bonds. The number of aliphatic hydroxyl groups is 1. The van der Waals surface area contributed by atoms with Crippen LogP contribution in [0.5, 0.6) is 5.75 Å². The summed E-state index contributed by atoms with van der Waals surface area (Å²) in [6.07, 6.45) is 3.12. The summed E-state index contributed by atoms with van der Waals surface area (Å²) >= 11 is 0. The summed E-state index contributed by atoms with van der Waals surface area (Å²) in [4.78, 5) is 11.6. The molecule has 0 unspecified atom stereocenters. The van der Waals surface area contributed by atoms with E-state index in [4.69, 9.17) is 9.84 Å². The van der Waals surface area contributed by atoms with Gasteiger partial charge in [-0.3, -0.25) is 0 Å². The largest absolute Gasteiger partial charge is 0.423 e. The first-order valence-corrected chi connectivity index (χ1v) is 7.35. The van der Waals surface area contributed by atoms with Gasteiger partial charge in [-0.2, -0.15) is 0 Å². The van der Waals surface area contributed by atoms with Crippen molar-refractivity contribution in [1.82, 2.24) is 0 Å². The molecule has 3 nitrogen and oxygen atoms in total. The van der Waals surface area contributed by atoms with Crippen molar-refractivity contribution >= 4 is 5.97 Å². The van der Waals surface area contributed by atoms with Crippen LogP contribution in [-0.2, 0) is 17.8 Å². The quantitative estimate of drug-likeness (QED) is 0.500. The van der Waals surface area contributed by atoms with Crippen LogP contribution < -0.4 is 4.74 Å². The Labute approximate surface area is 130 Å². The van der Waals surface area contributed by atoms with Gasteiger partial charge in [-0.15, -0.1) is 0 Å². The van der Waals surface area contributed by atoms with Crippen LogP contribution in [0.4, 0.5) is 0 Å². The zero-order valence-electron chi connectivity index (χ0n) is 12.7. The van der Waals surface area contributed by atoms with Crippen LogP contribution in [0.3, 0.4) is 0 Å². The summed E-state index contributed by atoms with van der Waals surface area (Å²) in [5, 5.41) is 9.12. The van der Waals surface area contributed by atoms with E-state index >= 15 is 0 Å². The first-order chi connectivity index (χ1) is 10.7. The lowest BCUT2D eigenvalue weighted by Crippen LogP contribution is -2.05. The van der Waals surface area contributed by atoms with E-state index in [2.05, 4.69) is 13.5 Å². The molecule has 0 aliphatic carbocycles. The molecule has 0 aromatic heterocycles. The number of esters is 1. The van der Waals surface area contributed by atoms with E-state index in [-0.39, 0.29) is 6.61 Å². The van der Waals surface area contributed by atoms with Crippen LogP contribution in [0.15, 0.2) is 55.1 Å². The average molecular weight is 296 g/mol. The number of ether oxygens (including phenoxy) is 1. The number of benzene rings is 2. The SMILES string of the molecule is C=CC(=O)Oc1cc(CCC)ccc1-c1ccc(CO)cc1. The Balaban J connectivity index is 2.42. The van der Waals surface area contributed by atoms with Gasteiger partial charge >= 0.3 is 5.97 Å². The van der Waals surface area contributed by atoms with Crippen LogP contribution in [0, 0.1) is 0 Å². The predicted molar refractivity (Wildman–Crippen MR) is 87.6 cm³/mol. The molecule has 0 aliphatic heterocycles. The minimum atomic E-state index is -0.470. The molecule has 0 heterocycles. The van der Waals surface area contributed by atoms with Crippen molar-refractivity contribution in [2.24, 2.45) is 0 Å². The molecular formula is C19H20O3. The molecule has 3 heteroatoms. The van der Waals surface area contributed by atoms with Crippen molar-refractivity contribution in [3.8, 4) is 16.9 Å². The molecular weight excluding hydrogens is 276 g/mol. The minimum absolute atomic E-state index is 0.00796. The van der Waals surface area contributed by atoms with Gasteiger partial charge in [-0.05, 0) is 29.2 Å². The Morgan fingerprint density at radius 2 is 1.86 bits per heavy atom. The van der Waals surface area contributed by atoms with Crippen LogP contribution in [0.1, 0.15) is 24.5 Å². The summed E-state index contributed by atoms with van der Waals surface area (Å²) in [6, 6.07) is 13.4. The summed E-state index contributed by atoms with van der Waals surface area (Å²) < 4.78 is 5.39. The number of rotatable bonds is 6. The summed E-state index contributed by atoms with van der Waals surface area (Å²) in [5.74, 6) is 0.0643. The third-order valence-corrected chi connectivity index (χ3v) is 3.41. The summed E-state index contributed by atoms with van der Waals surface area (Å²) in [5.41, 5.74) is 3.76. The molecule has 0 saturated carbocycles. The van der Waals surface area contributed by atoms with Gasteiger partial charge in [0.15, 0.2) is 0 Å². The molecule has 22 heavy (non-hydrogen) atoms. The van der Waals surface area contributed by atoms with Crippen LogP contribution in [0.2, 0.25) is 0 Å². The van der Waals surface area contributed by atoms with E-state index in [1.165, 1.54) is 0 Å². The van der Waals surface area contributed by atoms with Gasteiger partial charge in [0.2, 0.25) is 0 Å². The molecule has 0 fully saturated rings. The van der Waals surface area contributed by atoms with Crippen LogP contribution in [0.25, 0.3) is 11.1 Å². The fourth-order valence-corrected chi connectivity index (χ4v) is 2.27. The Kier molecular flexibility index (Phi) is 5.50. The standard InChI is InChI=1S/C19H20O3/c1-3-5-14-8-11-17(18(12-14)22-19(21)4-2)16-9-6-15(13-20)7-10-16/h4,6-12,20H,2-3,5,13H2,1H3. The van der Waals surface area contributed by atoms with Crippen molar-refractivity contribution in [1.29, 1.82) is 0 Å². The van der Waals surface area contributed by atoms with Crippen molar-refractivity contribution in [3.05, 3.63) is 66.2 Å². The van der Waals surface area contributed by atoms with E-state index < -0.39 is 5.97 Å². The van der Waals surface area contributed by atoms with Gasteiger partial charge in [0.1, 0.15) is 5.75 Å². The Bertz CT molecular complexity index is 657. The fraction of sp³-hybridized carbons (Fsp3) is 0.211. The van der Waals surface area contributed by atoms with E-state index in [1.54, 1.807) is 0 Å². The third-order valence-electron chi connectivity index (χ3n) is 3.41. The summed E-state index contributed by atoms with van der Waals surface area (Å²) in [7, 11) is 0. The second-order valence-corrected chi connectivity index (χ2v) is 5.06. The second kappa shape index (κ2) is 7.57. The number of hydrogen-bond acceptors (Lipinski definition) is 3. The first-order valence-electron chi connectivity index (χ1n) is 7.35. The molecule has 114 valence electrons. The van der Waals surface area contributed by atoms with Gasteiger partial charge in [-0.1, -0.05) is 56.3 Å². The molecule has 0 spiro atoms. The molecule has 0 atom stereocenters. The van der Waals surface area contributed by atoms with Gasteiger partial charge in [0.25, 0.3) is 0 Å². The molecule has 0 aliphatic rings. The molecule has 0 bridgehead atoms. The lowest BCUT2D eigenvalue weighted by atomic mass is 10.00. The van der Waals surface area contributed by atoms with Crippen molar-refractivity contribution in [2.45, 2.75) is 26.4 Å². The van der Waals surface area contributed by atoms with E-state index in [1.807, 2.05) is 42.5 Å². The van der Waals surface area contributed by atoms with E-state index in [9.17, 15) is 4.79 Å². The van der Waals surface area contributed by atoms with Crippen molar-refractivity contribution < 1.29 is 14.6 Å². The number of aryl methyl sites for hydroxylation is 1. The van der Waals surface area contributed by atoms with E-state index in [0.717, 1.165) is 41.2 Å². The molecule has 2 aromatic carbocycles. The topological polar surface area (TPSA) is 46.5 Å². The maximum absolute atomic E-state index is 11.6. The van der Waals surface area contributed by atoms with Gasteiger partial charge in [0.05, 0.1) is 6.61 Å². The Morgan fingerprint density at radius 3 is 2.45 bits per heavy atom. The predicted octanol–water partition coefficient (Wildman–Crippen LogP) is 3.89. The highest BCUT2D eigenvalue weighted by atomic mass is 16.5. The van der Waals surface area contributed by atoms with Crippen molar-refractivity contribution in [3.63, 3.8) is 0 Å². The second-order valence-electron chi connectivity index (χ2n) is 5.06. The normalized spacial score (nSPS) is 10.3. The maximum Gasteiger partial charge on any atom is 0.335 e. The number of carbonyl (C=O) groups excluding carboxylic acids is 1. The highest BCUT2D eigenvalue weighted by Gasteiger charge is 2.10. The monoisotopic (exact) mass is 296 g/mol. The highest BCUT2D eigenvalue weighted by Crippen LogP contribution is 2.32. The molecule has 2 rings (SSSR count). The number of aliphatic hydroxyl groups excluding tert-OH is 1. The lowest BCUT2D eigenvalue weighted by Gasteiger charge is -2.12. The van der Waals surface area contributed by atoms with Crippen LogP contribution >= 0.6 is 0 Å². The van der Waals surface area contributed by atoms with E-state index in [0.29, 0.717) is 5.75 Å². The Morgan fingerprint density at radius 1 is 1.18 bits per heavy atom. The van der Waals surface area contributed by atoms with Crippen molar-refractivity contribution in [2.75, 3.05) is 0 Å². The maximum atomic E-state index is 11.6.